The normalized spacial score (nSPS) is 15.2. The number of aliphatic hydroxyl groups is 1. The minimum absolute atomic E-state index is 0.0934. The Kier molecular flexibility index (Phi) is 12.0. The van der Waals surface area contributed by atoms with Gasteiger partial charge in [0.15, 0.2) is 0 Å². The lowest BCUT2D eigenvalue weighted by atomic mass is 10.1. The Bertz CT molecular complexity index is 307. The van der Waals surface area contributed by atoms with Gasteiger partial charge in [0.05, 0.1) is 0 Å². The van der Waals surface area contributed by atoms with Crippen LogP contribution in [0.2, 0.25) is 0 Å². The summed E-state index contributed by atoms with van der Waals surface area (Å²) in [6, 6.07) is 0. The number of thioether (sulfide) groups is 1. The van der Waals surface area contributed by atoms with E-state index in [0.29, 0.717) is 6.42 Å². The molecule has 0 saturated carbocycles. The van der Waals surface area contributed by atoms with Gasteiger partial charge in [-0.1, -0.05) is 38.5 Å². The van der Waals surface area contributed by atoms with Gasteiger partial charge in [0, 0.05) is 7.05 Å². The van der Waals surface area contributed by atoms with Crippen LogP contribution in [0.25, 0.3) is 0 Å². The Morgan fingerprint density at radius 2 is 1.39 bits per heavy atom. The smallest absolute Gasteiger partial charge is 0.377 e. The highest BCUT2D eigenvalue weighted by molar-refractivity contribution is 8.23. The van der Waals surface area contributed by atoms with Crippen LogP contribution >= 0.6 is 22.5 Å². The predicted molar refractivity (Wildman–Crippen MR) is 92.6 cm³/mol. The Labute approximate surface area is 143 Å². The Balaban J connectivity index is 3.73. The maximum atomic E-state index is 12.5. The van der Waals surface area contributed by atoms with Gasteiger partial charge >= 0.3 is 5.51 Å². The highest BCUT2D eigenvalue weighted by Crippen LogP contribution is 2.58. The van der Waals surface area contributed by atoms with Gasteiger partial charge in [-0.2, -0.15) is 29.2 Å². The minimum Gasteiger partial charge on any atom is -0.377 e. The number of hydrogen-bond acceptors (Lipinski definition) is 5. The molecule has 0 fully saturated rings. The molecule has 1 unspecified atom stereocenters. The van der Waals surface area contributed by atoms with E-state index in [-0.39, 0.29) is 10.7 Å². The van der Waals surface area contributed by atoms with Crippen molar-refractivity contribution in [2.45, 2.75) is 69.5 Å². The fourth-order valence-corrected chi connectivity index (χ4v) is 3.41. The van der Waals surface area contributed by atoms with Crippen LogP contribution in [0.5, 0.6) is 0 Å². The number of nitrogens with zero attached hydrogens (tertiary/aromatic N) is 1. The first-order valence-corrected chi connectivity index (χ1v) is 10.8. The maximum Gasteiger partial charge on any atom is 0.510 e. The van der Waals surface area contributed by atoms with Crippen LogP contribution in [0.15, 0.2) is 0 Å². The maximum absolute atomic E-state index is 12.5. The second-order valence-electron chi connectivity index (χ2n) is 5.60. The molecule has 0 aromatic rings. The Hall–Kier alpha value is 0.330. The topological polar surface area (TPSA) is 63.9 Å². The van der Waals surface area contributed by atoms with Crippen LogP contribution in [-0.2, 0) is 0 Å². The van der Waals surface area contributed by atoms with E-state index < -0.39 is 22.5 Å². The summed E-state index contributed by atoms with van der Waals surface area (Å²) in [6.07, 6.45) is 8.97. The van der Waals surface area contributed by atoms with E-state index in [1.807, 2.05) is 11.8 Å². The van der Waals surface area contributed by atoms with Gasteiger partial charge in [-0.25, -0.2) is 0 Å². The molecule has 142 valence electrons. The van der Waals surface area contributed by atoms with Crippen molar-refractivity contribution in [3.05, 3.63) is 0 Å². The quantitative estimate of drug-likeness (QED) is 0.299. The third-order valence-corrected chi connectivity index (χ3v) is 6.06. The lowest BCUT2D eigenvalue weighted by Crippen LogP contribution is -2.40. The van der Waals surface area contributed by atoms with Crippen LogP contribution in [0, 0.1) is 0 Å². The molecule has 3 N–H and O–H groups in total. The average Bonchev–Trinajstić information content (AvgIpc) is 2.46. The summed E-state index contributed by atoms with van der Waals surface area (Å²) < 4.78 is 55.9. The molecular weight excluding hydrogens is 351 g/mol. The van der Waals surface area contributed by atoms with E-state index in [1.165, 1.54) is 25.0 Å². The van der Waals surface area contributed by atoms with E-state index in [0.717, 1.165) is 32.7 Å². The first kappa shape index (κ1) is 23.3. The largest absolute Gasteiger partial charge is 0.510 e. The molecule has 0 aliphatic heterocycles. The first-order valence-electron chi connectivity index (χ1n) is 7.89. The number of aliphatic hydroxyl groups excluding tert-OH is 1. The molecule has 23 heavy (non-hydrogen) atoms. The van der Waals surface area contributed by atoms with Crippen molar-refractivity contribution < 1.29 is 27.4 Å². The van der Waals surface area contributed by atoms with Crippen molar-refractivity contribution in [2.24, 2.45) is 0 Å². The van der Waals surface area contributed by atoms with Crippen LogP contribution in [0.4, 0.5) is 13.2 Å². The second kappa shape index (κ2) is 11.8. The molecule has 0 aliphatic rings. The zero-order valence-corrected chi connectivity index (χ0v) is 15.5. The first-order chi connectivity index (χ1) is 10.6. The summed E-state index contributed by atoms with van der Waals surface area (Å²) in [6.45, 7) is 0. The monoisotopic (exact) mass is 381 g/mol. The van der Waals surface area contributed by atoms with Crippen LogP contribution in [-0.4, -0.2) is 49.3 Å². The fraction of sp³-hybridized carbons (Fsp3) is 1.00. The Morgan fingerprint density at radius 3 is 1.83 bits per heavy atom. The highest BCUT2D eigenvalue weighted by Gasteiger charge is 2.50. The van der Waals surface area contributed by atoms with E-state index in [9.17, 15) is 18.3 Å². The van der Waals surface area contributed by atoms with Crippen molar-refractivity contribution >= 4 is 22.5 Å². The van der Waals surface area contributed by atoms with Gasteiger partial charge in [-0.15, -0.1) is 0 Å². The van der Waals surface area contributed by atoms with Crippen molar-refractivity contribution in [1.29, 1.82) is 0 Å². The number of rotatable bonds is 13. The lowest BCUT2D eigenvalue weighted by Gasteiger charge is -2.43. The molecule has 0 radical (unpaired) electrons. The summed E-state index contributed by atoms with van der Waals surface area (Å²) in [5, 5.41) is 9.66. The predicted octanol–water partition coefficient (Wildman–Crippen LogP) is 5.30. The summed E-state index contributed by atoms with van der Waals surface area (Å²) >= 11 is 1.85. The Morgan fingerprint density at radius 1 is 0.957 bits per heavy atom. The molecule has 0 bridgehead atoms. The number of alkyl halides is 3. The molecule has 0 aromatic carbocycles. The average molecular weight is 382 g/mol. The molecule has 1 atom stereocenters. The molecule has 0 heterocycles. The van der Waals surface area contributed by atoms with E-state index in [4.69, 9.17) is 9.11 Å². The summed E-state index contributed by atoms with van der Waals surface area (Å²) in [5.41, 5.74) is -5.15. The molecule has 0 saturated heterocycles. The van der Waals surface area contributed by atoms with Crippen LogP contribution < -0.4 is 0 Å². The molecule has 0 aromatic heterocycles. The number of unbranched alkanes of at least 4 members (excludes halogenated alkanes) is 7. The highest BCUT2D eigenvalue weighted by atomic mass is 32.3. The third kappa shape index (κ3) is 9.40. The molecule has 0 amide bonds. The van der Waals surface area contributed by atoms with Gasteiger partial charge in [0.1, 0.15) is 6.23 Å². The van der Waals surface area contributed by atoms with Crippen LogP contribution in [0.1, 0.15) is 57.8 Å². The fourth-order valence-electron chi connectivity index (χ4n) is 2.15. The molecule has 0 spiro atoms. The summed E-state index contributed by atoms with van der Waals surface area (Å²) in [5.74, 6) is 1.20. The van der Waals surface area contributed by atoms with Gasteiger partial charge in [0.2, 0.25) is 0 Å². The SMILES string of the molecule is CSCCCCCCCCCCC(O)N(C)S(O)(O)C(F)(F)F. The van der Waals surface area contributed by atoms with Crippen molar-refractivity contribution in [1.82, 2.24) is 4.31 Å². The van der Waals surface area contributed by atoms with E-state index in [1.54, 1.807) is 0 Å². The summed E-state index contributed by atoms with van der Waals surface area (Å²) in [4.78, 5) is 0. The van der Waals surface area contributed by atoms with Crippen molar-refractivity contribution in [2.75, 3.05) is 19.1 Å². The van der Waals surface area contributed by atoms with Gasteiger partial charge in [-0.05, 0) is 42.0 Å². The van der Waals surface area contributed by atoms with Gasteiger partial charge in [0.25, 0.3) is 0 Å². The van der Waals surface area contributed by atoms with Gasteiger partial charge in [-0.3, -0.25) is 9.11 Å². The molecule has 0 aliphatic carbocycles. The van der Waals surface area contributed by atoms with Gasteiger partial charge < -0.3 is 5.11 Å². The van der Waals surface area contributed by atoms with E-state index in [2.05, 4.69) is 6.26 Å². The molecular formula is C14H30F3NO3S2. The zero-order valence-electron chi connectivity index (χ0n) is 13.9. The van der Waals surface area contributed by atoms with Crippen LogP contribution in [0.3, 0.4) is 0 Å². The number of halogens is 3. The summed E-state index contributed by atoms with van der Waals surface area (Å²) in [7, 11) is -4.08. The molecule has 4 nitrogen and oxygen atoms in total. The third-order valence-electron chi connectivity index (χ3n) is 3.69. The second-order valence-corrected chi connectivity index (χ2v) is 8.66. The van der Waals surface area contributed by atoms with Crippen molar-refractivity contribution in [3.63, 3.8) is 0 Å². The van der Waals surface area contributed by atoms with E-state index >= 15 is 0 Å². The number of hydrogen-bond donors (Lipinski definition) is 3. The molecule has 0 rings (SSSR count). The zero-order chi connectivity index (χ0) is 17.9. The van der Waals surface area contributed by atoms with Crippen molar-refractivity contribution in [3.8, 4) is 0 Å². The standard InChI is InChI=1S/C14H30F3NO3S2/c1-18(23(20,21)14(15,16)17)13(19)11-9-7-5-3-4-6-8-10-12-22-2/h13,19-21H,3-12H2,1-2H3. The molecule has 9 heteroatoms. The lowest BCUT2D eigenvalue weighted by molar-refractivity contribution is -0.0671. The minimum atomic E-state index is -5.15.